The summed E-state index contributed by atoms with van der Waals surface area (Å²) in [6.45, 7) is 1.06. The molecule has 3 aromatic rings. The number of hydrogen-bond acceptors (Lipinski definition) is 7. The number of thiazole rings is 1. The molecule has 1 aromatic carbocycles. The van der Waals surface area contributed by atoms with Crippen LogP contribution in [0, 0.1) is 11.6 Å². The number of alkyl halides is 3. The maximum atomic E-state index is 14.9. The Labute approximate surface area is 209 Å². The minimum absolute atomic E-state index is 0.0108. The van der Waals surface area contributed by atoms with Crippen LogP contribution in [0.25, 0.3) is 0 Å². The highest BCUT2D eigenvalue weighted by Crippen LogP contribution is 2.35. The highest BCUT2D eigenvalue weighted by molar-refractivity contribution is 9.10. The van der Waals surface area contributed by atoms with Gasteiger partial charge in [0.05, 0.1) is 21.4 Å². The zero-order valence-electron chi connectivity index (χ0n) is 17.6. The van der Waals surface area contributed by atoms with E-state index in [1.54, 1.807) is 0 Å². The van der Waals surface area contributed by atoms with Gasteiger partial charge in [0, 0.05) is 31.1 Å². The fourth-order valence-corrected chi connectivity index (χ4v) is 5.91. The van der Waals surface area contributed by atoms with Gasteiger partial charge >= 0.3 is 6.18 Å². The fourth-order valence-electron chi connectivity index (χ4n) is 3.65. The van der Waals surface area contributed by atoms with Crippen molar-refractivity contribution in [3.63, 3.8) is 0 Å². The summed E-state index contributed by atoms with van der Waals surface area (Å²) in [5.74, 6) is -2.66. The van der Waals surface area contributed by atoms with Crippen molar-refractivity contribution in [2.24, 2.45) is 0 Å². The molecule has 1 aliphatic rings. The lowest BCUT2D eigenvalue weighted by molar-refractivity contribution is -0.141. The molecule has 0 unspecified atom stereocenters. The van der Waals surface area contributed by atoms with Crippen molar-refractivity contribution in [3.05, 3.63) is 62.7 Å². The number of benzene rings is 1. The number of aromatic nitrogens is 2. The molecule has 4 rings (SSSR count). The maximum Gasteiger partial charge on any atom is 0.433 e. The smallest absolute Gasteiger partial charge is 0.380 e. The summed E-state index contributed by atoms with van der Waals surface area (Å²) in [7, 11) is -4.58. The molecule has 0 radical (unpaired) electrons. The average Bonchev–Trinajstić information content (AvgIpc) is 3.43. The number of rotatable bonds is 7. The molecule has 1 saturated heterocycles. The van der Waals surface area contributed by atoms with E-state index in [0.29, 0.717) is 19.5 Å². The van der Waals surface area contributed by atoms with Gasteiger partial charge in [-0.1, -0.05) is 6.07 Å². The summed E-state index contributed by atoms with van der Waals surface area (Å²) in [6.07, 6.45) is -4.00. The van der Waals surface area contributed by atoms with Crippen molar-refractivity contribution in [2.75, 3.05) is 23.1 Å². The van der Waals surface area contributed by atoms with Crippen LogP contribution in [0.15, 0.2) is 44.5 Å². The van der Waals surface area contributed by atoms with Crippen LogP contribution < -0.4 is 10.0 Å². The molecule has 15 heteroatoms. The van der Waals surface area contributed by atoms with Crippen molar-refractivity contribution in [1.29, 1.82) is 0 Å². The molecule has 0 bridgehead atoms. The summed E-state index contributed by atoms with van der Waals surface area (Å²) in [4.78, 5) is 8.11. The molecule has 1 atom stereocenters. The molecule has 188 valence electrons. The number of anilines is 2. The van der Waals surface area contributed by atoms with E-state index in [9.17, 15) is 30.4 Å². The molecule has 0 amide bonds. The SMILES string of the molecule is O=S(=O)(Nc1cscn1)c1c(F)cc(N[C@H]2CCN(Cc3cccc(C(F)(F)F)n3)C2)c(Br)c1F. The zero-order valence-corrected chi connectivity index (χ0v) is 20.8. The zero-order chi connectivity index (χ0) is 25.4. The molecule has 2 aromatic heterocycles. The number of nitrogens with zero attached hydrogens (tertiary/aromatic N) is 3. The number of pyridine rings is 1. The molecule has 2 N–H and O–H groups in total. The number of sulfonamides is 1. The standard InChI is InChI=1S/C20H17BrF5N5O2S2/c21-17-14(6-13(22)19(18(17)23)35(32,33)30-16-9-34-10-27-16)28-12-4-5-31(8-12)7-11-2-1-3-15(29-11)20(24,25)26/h1-3,6,9-10,12,28,30H,4-5,7-8H2/t12-/m0/s1. The van der Waals surface area contributed by atoms with Crippen LogP contribution in [0.5, 0.6) is 0 Å². The first-order valence-corrected chi connectivity index (χ1v) is 13.3. The van der Waals surface area contributed by atoms with Gasteiger partial charge in [-0.15, -0.1) is 11.3 Å². The van der Waals surface area contributed by atoms with Crippen LogP contribution >= 0.6 is 27.3 Å². The predicted molar refractivity (Wildman–Crippen MR) is 124 cm³/mol. The minimum atomic E-state index is -4.58. The van der Waals surface area contributed by atoms with Crippen LogP contribution in [0.3, 0.4) is 0 Å². The normalized spacial score (nSPS) is 17.0. The van der Waals surface area contributed by atoms with Gasteiger partial charge in [-0.3, -0.25) is 9.62 Å². The van der Waals surface area contributed by atoms with Crippen molar-refractivity contribution >= 4 is 48.8 Å². The van der Waals surface area contributed by atoms with Crippen molar-refractivity contribution in [3.8, 4) is 0 Å². The first kappa shape index (κ1) is 25.7. The molecule has 1 aliphatic heterocycles. The third-order valence-corrected chi connectivity index (χ3v) is 7.92. The van der Waals surface area contributed by atoms with E-state index in [0.717, 1.165) is 23.5 Å². The minimum Gasteiger partial charge on any atom is -0.380 e. The van der Waals surface area contributed by atoms with Crippen molar-refractivity contribution in [2.45, 2.75) is 30.1 Å². The van der Waals surface area contributed by atoms with Gasteiger partial charge in [0.15, 0.2) is 16.5 Å². The summed E-state index contributed by atoms with van der Waals surface area (Å²) in [5.41, 5.74) is 0.650. The second-order valence-electron chi connectivity index (χ2n) is 7.72. The van der Waals surface area contributed by atoms with E-state index in [-0.39, 0.29) is 34.3 Å². The Bertz CT molecular complexity index is 1320. The molecule has 0 aliphatic carbocycles. The first-order chi connectivity index (χ1) is 16.4. The summed E-state index contributed by atoms with van der Waals surface area (Å²) >= 11 is 4.10. The van der Waals surface area contributed by atoms with E-state index in [2.05, 4.69) is 31.2 Å². The monoisotopic (exact) mass is 597 g/mol. The molecular weight excluding hydrogens is 581 g/mol. The van der Waals surface area contributed by atoms with Gasteiger partial charge in [0.1, 0.15) is 11.5 Å². The Morgan fingerprint density at radius 3 is 2.71 bits per heavy atom. The Hall–Kier alpha value is -2.36. The Balaban J connectivity index is 1.46. The summed E-state index contributed by atoms with van der Waals surface area (Å²) in [5, 5.41) is 4.35. The van der Waals surface area contributed by atoms with Gasteiger partial charge in [-0.2, -0.15) is 13.2 Å². The lowest BCUT2D eigenvalue weighted by Gasteiger charge is -2.19. The number of hydrogen-bond donors (Lipinski definition) is 2. The molecule has 7 nitrogen and oxygen atoms in total. The summed E-state index contributed by atoms with van der Waals surface area (Å²) < 4.78 is 95.1. The lowest BCUT2D eigenvalue weighted by atomic mass is 10.2. The van der Waals surface area contributed by atoms with Crippen molar-refractivity contribution in [1.82, 2.24) is 14.9 Å². The first-order valence-electron chi connectivity index (χ1n) is 10.0. The molecular formula is C20H17BrF5N5O2S2. The fraction of sp³-hybridized carbons (Fsp3) is 0.300. The van der Waals surface area contributed by atoms with Crippen LogP contribution in [0.4, 0.5) is 33.5 Å². The van der Waals surface area contributed by atoms with E-state index in [1.807, 2.05) is 9.62 Å². The maximum absolute atomic E-state index is 14.9. The third kappa shape index (κ3) is 5.90. The second kappa shape index (κ2) is 9.95. The highest BCUT2D eigenvalue weighted by atomic mass is 79.9. The Morgan fingerprint density at radius 2 is 2.03 bits per heavy atom. The van der Waals surface area contributed by atoms with E-state index < -0.39 is 38.4 Å². The van der Waals surface area contributed by atoms with Crippen LogP contribution in [-0.2, 0) is 22.7 Å². The number of likely N-dealkylation sites (tertiary alicyclic amines) is 1. The van der Waals surface area contributed by atoms with E-state index >= 15 is 0 Å². The predicted octanol–water partition coefficient (Wildman–Crippen LogP) is 5.08. The van der Waals surface area contributed by atoms with Gasteiger partial charge < -0.3 is 5.32 Å². The van der Waals surface area contributed by atoms with Crippen LogP contribution in [0.1, 0.15) is 17.8 Å². The molecule has 0 spiro atoms. The average molecular weight is 598 g/mol. The highest BCUT2D eigenvalue weighted by Gasteiger charge is 2.33. The van der Waals surface area contributed by atoms with Crippen LogP contribution in [-0.4, -0.2) is 42.4 Å². The van der Waals surface area contributed by atoms with Crippen molar-refractivity contribution < 1.29 is 30.4 Å². The largest absolute Gasteiger partial charge is 0.433 e. The third-order valence-electron chi connectivity index (χ3n) is 5.17. The topological polar surface area (TPSA) is 87.2 Å². The molecule has 1 fully saturated rings. The van der Waals surface area contributed by atoms with E-state index in [1.165, 1.54) is 23.0 Å². The molecule has 35 heavy (non-hydrogen) atoms. The van der Waals surface area contributed by atoms with E-state index in [4.69, 9.17) is 0 Å². The van der Waals surface area contributed by atoms with Gasteiger partial charge in [0.2, 0.25) is 0 Å². The Morgan fingerprint density at radius 1 is 1.26 bits per heavy atom. The van der Waals surface area contributed by atoms with Gasteiger partial charge in [-0.05, 0) is 40.5 Å². The van der Waals surface area contributed by atoms with Gasteiger partial charge in [-0.25, -0.2) is 27.2 Å². The Kier molecular flexibility index (Phi) is 7.31. The molecule has 3 heterocycles. The lowest BCUT2D eigenvalue weighted by Crippen LogP contribution is -2.27. The second-order valence-corrected chi connectivity index (χ2v) is 10.9. The molecule has 0 saturated carbocycles. The quantitative estimate of drug-likeness (QED) is 0.292. The van der Waals surface area contributed by atoms with Crippen LogP contribution in [0.2, 0.25) is 0 Å². The van der Waals surface area contributed by atoms with Gasteiger partial charge in [0.25, 0.3) is 10.0 Å². The number of nitrogens with one attached hydrogen (secondary N) is 2. The number of halogens is 6. The summed E-state index contributed by atoms with van der Waals surface area (Å²) in [6, 6.07) is 4.27.